The molecule has 0 aliphatic rings. The summed E-state index contributed by atoms with van der Waals surface area (Å²) >= 11 is 5.95. The second-order valence-corrected chi connectivity index (χ2v) is 3.79. The third-order valence-electron chi connectivity index (χ3n) is 2.37. The Kier molecular flexibility index (Phi) is 2.48. The molecule has 0 spiro atoms. The maximum absolute atomic E-state index is 5.95. The Morgan fingerprint density at radius 3 is 2.93 bits per heavy atom. The zero-order valence-corrected chi connectivity index (χ0v) is 8.98. The Morgan fingerprint density at radius 1 is 1.43 bits per heavy atom. The van der Waals surface area contributed by atoms with Crippen LogP contribution in [-0.2, 0) is 11.3 Å². The quantitative estimate of drug-likeness (QED) is 0.807. The predicted molar refractivity (Wildman–Crippen MR) is 58.8 cm³/mol. The third-order valence-corrected chi connectivity index (χ3v) is 2.61. The first kappa shape index (κ1) is 9.56. The van der Waals surface area contributed by atoms with Crippen LogP contribution in [0.4, 0.5) is 0 Å². The van der Waals surface area contributed by atoms with Crippen molar-refractivity contribution in [3.05, 3.63) is 34.5 Å². The lowest BCUT2D eigenvalue weighted by atomic mass is 10.1. The summed E-state index contributed by atoms with van der Waals surface area (Å²) in [6, 6.07) is 5.84. The number of hydrogen-bond donors (Lipinski definition) is 1. The van der Waals surface area contributed by atoms with Crippen LogP contribution in [0.5, 0.6) is 0 Å². The lowest BCUT2D eigenvalue weighted by Crippen LogP contribution is -1.88. The fourth-order valence-corrected chi connectivity index (χ4v) is 1.86. The van der Waals surface area contributed by atoms with E-state index in [0.29, 0.717) is 6.61 Å². The number of hydrogen-bond acceptors (Lipinski definition) is 1. The highest BCUT2D eigenvalue weighted by Crippen LogP contribution is 2.25. The summed E-state index contributed by atoms with van der Waals surface area (Å²) in [4.78, 5) is 3.30. The van der Waals surface area contributed by atoms with Crippen molar-refractivity contribution in [3.63, 3.8) is 0 Å². The smallest absolute Gasteiger partial charge is 0.0736 e. The Morgan fingerprint density at radius 2 is 2.21 bits per heavy atom. The van der Waals surface area contributed by atoms with Crippen molar-refractivity contribution in [2.24, 2.45) is 0 Å². The Bertz CT molecular complexity index is 462. The van der Waals surface area contributed by atoms with Gasteiger partial charge in [-0.1, -0.05) is 11.6 Å². The summed E-state index contributed by atoms with van der Waals surface area (Å²) in [5.41, 5.74) is 3.44. The van der Waals surface area contributed by atoms with Crippen LogP contribution in [0.25, 0.3) is 10.9 Å². The van der Waals surface area contributed by atoms with E-state index in [1.54, 1.807) is 7.11 Å². The summed E-state index contributed by atoms with van der Waals surface area (Å²) in [7, 11) is 1.70. The summed E-state index contributed by atoms with van der Waals surface area (Å²) in [6.45, 7) is 2.66. The van der Waals surface area contributed by atoms with Gasteiger partial charge in [0.25, 0.3) is 0 Å². The van der Waals surface area contributed by atoms with Crippen molar-refractivity contribution in [2.45, 2.75) is 13.5 Å². The van der Waals surface area contributed by atoms with E-state index in [2.05, 4.69) is 4.98 Å². The fourth-order valence-electron chi connectivity index (χ4n) is 1.68. The topological polar surface area (TPSA) is 25.0 Å². The first-order chi connectivity index (χ1) is 6.72. The SMILES string of the molecule is COCc1c(C)[nH]c2ccc(Cl)cc12. The van der Waals surface area contributed by atoms with E-state index in [9.17, 15) is 0 Å². The van der Waals surface area contributed by atoms with E-state index in [4.69, 9.17) is 16.3 Å². The number of halogens is 1. The van der Waals surface area contributed by atoms with E-state index in [0.717, 1.165) is 21.6 Å². The standard InChI is InChI=1S/C11H12ClNO/c1-7-10(6-14-2)9-5-8(12)3-4-11(9)13-7/h3-5,13H,6H2,1-2H3. The van der Waals surface area contributed by atoms with Gasteiger partial charge in [0.2, 0.25) is 0 Å². The number of aromatic nitrogens is 1. The lowest BCUT2D eigenvalue weighted by molar-refractivity contribution is 0.185. The molecule has 1 aromatic heterocycles. The molecule has 0 saturated heterocycles. The molecule has 3 heteroatoms. The second-order valence-electron chi connectivity index (χ2n) is 3.35. The summed E-state index contributed by atoms with van der Waals surface area (Å²) < 4.78 is 5.15. The van der Waals surface area contributed by atoms with Gasteiger partial charge in [-0.15, -0.1) is 0 Å². The van der Waals surface area contributed by atoms with E-state index in [1.807, 2.05) is 25.1 Å². The van der Waals surface area contributed by atoms with Gasteiger partial charge in [-0.05, 0) is 25.1 Å². The molecule has 0 amide bonds. The predicted octanol–water partition coefficient (Wildman–Crippen LogP) is 3.28. The van der Waals surface area contributed by atoms with Crippen LogP contribution in [0.15, 0.2) is 18.2 Å². The molecule has 1 aromatic carbocycles. The minimum absolute atomic E-state index is 0.617. The molecular weight excluding hydrogens is 198 g/mol. The lowest BCUT2D eigenvalue weighted by Gasteiger charge is -1.98. The number of nitrogens with one attached hydrogen (secondary N) is 1. The highest BCUT2D eigenvalue weighted by atomic mass is 35.5. The van der Waals surface area contributed by atoms with Gasteiger partial charge < -0.3 is 9.72 Å². The van der Waals surface area contributed by atoms with Gasteiger partial charge >= 0.3 is 0 Å². The molecule has 0 aliphatic heterocycles. The van der Waals surface area contributed by atoms with Crippen molar-refractivity contribution in [1.82, 2.24) is 4.98 Å². The molecule has 0 atom stereocenters. The molecule has 14 heavy (non-hydrogen) atoms. The van der Waals surface area contributed by atoms with Crippen LogP contribution in [0, 0.1) is 6.92 Å². The molecule has 0 fully saturated rings. The number of ether oxygens (including phenoxy) is 1. The van der Waals surface area contributed by atoms with Crippen molar-refractivity contribution in [2.75, 3.05) is 7.11 Å². The largest absolute Gasteiger partial charge is 0.380 e. The second kappa shape index (κ2) is 3.64. The van der Waals surface area contributed by atoms with Crippen molar-refractivity contribution >= 4 is 22.5 Å². The highest BCUT2D eigenvalue weighted by Gasteiger charge is 2.07. The number of aryl methyl sites for hydroxylation is 1. The molecule has 74 valence electrons. The van der Waals surface area contributed by atoms with E-state index in [-0.39, 0.29) is 0 Å². The minimum atomic E-state index is 0.617. The number of benzene rings is 1. The van der Waals surface area contributed by atoms with E-state index < -0.39 is 0 Å². The molecule has 0 bridgehead atoms. The Labute approximate surface area is 87.8 Å². The first-order valence-electron chi connectivity index (χ1n) is 4.48. The van der Waals surface area contributed by atoms with Gasteiger partial charge in [-0.3, -0.25) is 0 Å². The molecule has 2 nitrogen and oxygen atoms in total. The molecule has 0 aliphatic carbocycles. The molecule has 0 saturated carbocycles. The van der Waals surface area contributed by atoms with Crippen LogP contribution < -0.4 is 0 Å². The van der Waals surface area contributed by atoms with Crippen LogP contribution in [-0.4, -0.2) is 12.1 Å². The summed E-state index contributed by atoms with van der Waals surface area (Å²) in [5.74, 6) is 0. The van der Waals surface area contributed by atoms with Gasteiger partial charge in [0, 0.05) is 34.3 Å². The van der Waals surface area contributed by atoms with Gasteiger partial charge in [0.05, 0.1) is 6.61 Å². The van der Waals surface area contributed by atoms with E-state index in [1.165, 1.54) is 5.56 Å². The zero-order valence-electron chi connectivity index (χ0n) is 8.23. The van der Waals surface area contributed by atoms with Crippen molar-refractivity contribution in [3.8, 4) is 0 Å². The molecule has 1 heterocycles. The monoisotopic (exact) mass is 209 g/mol. The minimum Gasteiger partial charge on any atom is -0.380 e. The number of H-pyrrole nitrogens is 1. The number of methoxy groups -OCH3 is 1. The number of aromatic amines is 1. The number of fused-ring (bicyclic) bond motifs is 1. The average Bonchev–Trinajstić information content (AvgIpc) is 2.45. The van der Waals surface area contributed by atoms with Crippen LogP contribution >= 0.6 is 11.6 Å². The van der Waals surface area contributed by atoms with Gasteiger partial charge in [-0.25, -0.2) is 0 Å². The van der Waals surface area contributed by atoms with Crippen LogP contribution in [0.1, 0.15) is 11.3 Å². The summed E-state index contributed by atoms with van der Waals surface area (Å²) in [5, 5.41) is 1.91. The zero-order chi connectivity index (χ0) is 10.1. The molecule has 0 radical (unpaired) electrons. The molecular formula is C11H12ClNO. The van der Waals surface area contributed by atoms with Gasteiger partial charge in [0.15, 0.2) is 0 Å². The molecule has 2 rings (SSSR count). The van der Waals surface area contributed by atoms with Crippen LogP contribution in [0.2, 0.25) is 5.02 Å². The van der Waals surface area contributed by atoms with Gasteiger partial charge in [0.1, 0.15) is 0 Å². The molecule has 2 aromatic rings. The van der Waals surface area contributed by atoms with Gasteiger partial charge in [-0.2, -0.15) is 0 Å². The maximum atomic E-state index is 5.95. The fraction of sp³-hybridized carbons (Fsp3) is 0.273. The first-order valence-corrected chi connectivity index (χ1v) is 4.86. The maximum Gasteiger partial charge on any atom is 0.0736 e. The third kappa shape index (κ3) is 1.51. The number of rotatable bonds is 2. The van der Waals surface area contributed by atoms with E-state index >= 15 is 0 Å². The Balaban J connectivity index is 2.66. The van der Waals surface area contributed by atoms with Crippen LogP contribution in [0.3, 0.4) is 0 Å². The molecule has 0 unspecified atom stereocenters. The van der Waals surface area contributed by atoms with Crippen molar-refractivity contribution in [1.29, 1.82) is 0 Å². The summed E-state index contributed by atoms with van der Waals surface area (Å²) in [6.07, 6.45) is 0. The van der Waals surface area contributed by atoms with Crippen molar-refractivity contribution < 1.29 is 4.74 Å². The highest BCUT2D eigenvalue weighted by molar-refractivity contribution is 6.31. The average molecular weight is 210 g/mol. The molecule has 1 N–H and O–H groups in total. The Hall–Kier alpha value is -0.990. The normalized spacial score (nSPS) is 11.1.